The largest absolute Gasteiger partial charge is 0.493 e. The van der Waals surface area contributed by atoms with Crippen molar-refractivity contribution in [3.63, 3.8) is 0 Å². The molecule has 0 spiro atoms. The van der Waals surface area contributed by atoms with Crippen LogP contribution in [0.4, 0.5) is 0 Å². The van der Waals surface area contributed by atoms with Crippen LogP contribution in [0.2, 0.25) is 0 Å². The van der Waals surface area contributed by atoms with Crippen LogP contribution in [0.15, 0.2) is 35.2 Å². The first-order chi connectivity index (χ1) is 9.28. The van der Waals surface area contributed by atoms with Gasteiger partial charge >= 0.3 is 0 Å². The van der Waals surface area contributed by atoms with Gasteiger partial charge in [0.05, 0.1) is 23.9 Å². The molecule has 0 fully saturated rings. The van der Waals surface area contributed by atoms with E-state index in [9.17, 15) is 10.4 Å². The number of hydrogen-bond donors (Lipinski definition) is 1. The van der Waals surface area contributed by atoms with Crippen molar-refractivity contribution in [2.45, 2.75) is 17.9 Å². The molecule has 1 aromatic heterocycles. The van der Waals surface area contributed by atoms with Gasteiger partial charge in [-0.25, -0.2) is 4.98 Å². The number of ether oxygens (including phenoxy) is 1. The summed E-state index contributed by atoms with van der Waals surface area (Å²) in [6, 6.07) is 9.68. The lowest BCUT2D eigenvalue weighted by atomic mass is 9.72. The van der Waals surface area contributed by atoms with Gasteiger partial charge in [-0.2, -0.15) is 5.26 Å². The molecule has 3 rings (SSSR count). The van der Waals surface area contributed by atoms with Crippen molar-refractivity contribution in [1.82, 2.24) is 4.98 Å². The van der Waals surface area contributed by atoms with Gasteiger partial charge in [-0.1, -0.05) is 18.2 Å². The number of nitrogens with zero attached hydrogens (tertiary/aromatic N) is 2. The van der Waals surface area contributed by atoms with Crippen LogP contribution < -0.4 is 4.74 Å². The maximum Gasteiger partial charge on any atom is 0.124 e. The SMILES string of the molecule is N#CC1(C(O)c2cscn2)CCOc2ccccc21. The molecule has 0 saturated heterocycles. The number of thiazole rings is 1. The molecular weight excluding hydrogens is 260 g/mol. The number of nitriles is 1. The van der Waals surface area contributed by atoms with E-state index in [-0.39, 0.29) is 0 Å². The molecule has 0 amide bonds. The Morgan fingerprint density at radius 1 is 1.47 bits per heavy atom. The van der Waals surface area contributed by atoms with Gasteiger partial charge in [0.2, 0.25) is 0 Å². The summed E-state index contributed by atoms with van der Waals surface area (Å²) in [5, 5.41) is 22.0. The number of para-hydroxylation sites is 1. The molecule has 1 aliphatic rings. The molecular formula is C14H12N2O2S. The molecule has 2 aromatic rings. The monoisotopic (exact) mass is 272 g/mol. The van der Waals surface area contributed by atoms with Crippen LogP contribution in [0, 0.1) is 11.3 Å². The molecule has 4 nitrogen and oxygen atoms in total. The fourth-order valence-corrected chi connectivity index (χ4v) is 3.06. The van der Waals surface area contributed by atoms with Crippen molar-refractivity contribution in [2.24, 2.45) is 0 Å². The minimum Gasteiger partial charge on any atom is -0.493 e. The quantitative estimate of drug-likeness (QED) is 0.911. The summed E-state index contributed by atoms with van der Waals surface area (Å²) in [5.74, 6) is 0.671. The summed E-state index contributed by atoms with van der Waals surface area (Å²) < 4.78 is 5.57. The fraction of sp³-hybridized carbons (Fsp3) is 0.286. The van der Waals surface area contributed by atoms with Gasteiger partial charge in [0.15, 0.2) is 0 Å². The van der Waals surface area contributed by atoms with Crippen molar-refractivity contribution >= 4 is 11.3 Å². The van der Waals surface area contributed by atoms with Crippen LogP contribution in [0.25, 0.3) is 0 Å². The van der Waals surface area contributed by atoms with Crippen molar-refractivity contribution in [1.29, 1.82) is 5.26 Å². The number of aliphatic hydroxyl groups is 1. The summed E-state index contributed by atoms with van der Waals surface area (Å²) >= 11 is 1.41. The zero-order valence-electron chi connectivity index (χ0n) is 10.1. The third-order valence-corrected chi connectivity index (χ3v) is 4.12. The molecule has 19 heavy (non-hydrogen) atoms. The van der Waals surface area contributed by atoms with E-state index >= 15 is 0 Å². The molecule has 0 saturated carbocycles. The zero-order chi connectivity index (χ0) is 13.3. The molecule has 0 bridgehead atoms. The second-order valence-electron chi connectivity index (χ2n) is 4.49. The smallest absolute Gasteiger partial charge is 0.124 e. The van der Waals surface area contributed by atoms with Gasteiger partial charge in [-0.05, 0) is 6.07 Å². The van der Waals surface area contributed by atoms with Gasteiger partial charge in [-0.3, -0.25) is 0 Å². The summed E-state index contributed by atoms with van der Waals surface area (Å²) in [4.78, 5) is 4.13. The third kappa shape index (κ3) is 1.81. The van der Waals surface area contributed by atoms with E-state index in [0.717, 1.165) is 5.56 Å². The maximum atomic E-state index is 10.6. The van der Waals surface area contributed by atoms with Crippen molar-refractivity contribution in [3.8, 4) is 11.8 Å². The number of aromatic nitrogens is 1. The first-order valence-corrected chi connectivity index (χ1v) is 6.92. The van der Waals surface area contributed by atoms with Gasteiger partial charge in [0.1, 0.15) is 17.3 Å². The van der Waals surface area contributed by atoms with E-state index in [2.05, 4.69) is 11.1 Å². The van der Waals surface area contributed by atoms with Gasteiger partial charge < -0.3 is 9.84 Å². The van der Waals surface area contributed by atoms with Crippen molar-refractivity contribution < 1.29 is 9.84 Å². The zero-order valence-corrected chi connectivity index (χ0v) is 10.9. The second-order valence-corrected chi connectivity index (χ2v) is 5.21. The van der Waals surface area contributed by atoms with E-state index in [1.54, 1.807) is 10.9 Å². The number of benzene rings is 1. The average Bonchev–Trinajstić information content (AvgIpc) is 3.00. The van der Waals surface area contributed by atoms with Crippen molar-refractivity contribution in [2.75, 3.05) is 6.61 Å². The Morgan fingerprint density at radius 2 is 2.32 bits per heavy atom. The van der Waals surface area contributed by atoms with E-state index in [0.29, 0.717) is 24.5 Å². The predicted molar refractivity (Wildman–Crippen MR) is 70.9 cm³/mol. The lowest BCUT2D eigenvalue weighted by Gasteiger charge is -2.36. The molecule has 2 unspecified atom stereocenters. The Hall–Kier alpha value is -1.90. The Bertz CT molecular complexity index is 621. The lowest BCUT2D eigenvalue weighted by molar-refractivity contribution is 0.0778. The fourth-order valence-electron chi connectivity index (χ4n) is 2.49. The van der Waals surface area contributed by atoms with Crippen LogP contribution in [-0.4, -0.2) is 16.7 Å². The minimum atomic E-state index is -0.983. The number of aliphatic hydroxyl groups excluding tert-OH is 1. The molecule has 5 heteroatoms. The summed E-state index contributed by atoms with van der Waals surface area (Å²) in [6.45, 7) is 0.422. The van der Waals surface area contributed by atoms with Gasteiger partial charge in [0, 0.05) is 17.4 Å². The Labute approximate surface area is 114 Å². The summed E-state index contributed by atoms with van der Waals surface area (Å²) in [5.41, 5.74) is 1.96. The Balaban J connectivity index is 2.13. The first-order valence-electron chi connectivity index (χ1n) is 5.97. The number of hydrogen-bond acceptors (Lipinski definition) is 5. The normalized spacial score (nSPS) is 22.9. The summed E-state index contributed by atoms with van der Waals surface area (Å²) in [6.07, 6.45) is -0.479. The molecule has 1 aromatic carbocycles. The average molecular weight is 272 g/mol. The molecule has 2 atom stereocenters. The first kappa shape index (κ1) is 12.2. The molecule has 96 valence electrons. The highest BCUT2D eigenvalue weighted by molar-refractivity contribution is 7.07. The lowest BCUT2D eigenvalue weighted by Crippen LogP contribution is -2.37. The highest BCUT2D eigenvalue weighted by atomic mass is 32.1. The van der Waals surface area contributed by atoms with Gasteiger partial charge in [0.25, 0.3) is 0 Å². The number of rotatable bonds is 2. The van der Waals surface area contributed by atoms with Crippen LogP contribution in [0.3, 0.4) is 0 Å². The topological polar surface area (TPSA) is 66.1 Å². The third-order valence-electron chi connectivity index (χ3n) is 3.52. The van der Waals surface area contributed by atoms with E-state index in [4.69, 9.17) is 4.74 Å². The maximum absolute atomic E-state index is 10.6. The Kier molecular flexibility index (Phi) is 2.97. The van der Waals surface area contributed by atoms with E-state index in [1.807, 2.05) is 24.3 Å². The van der Waals surface area contributed by atoms with Crippen LogP contribution in [0.5, 0.6) is 5.75 Å². The second kappa shape index (κ2) is 4.65. The highest BCUT2D eigenvalue weighted by Crippen LogP contribution is 2.46. The minimum absolute atomic E-state index is 0.422. The van der Waals surface area contributed by atoms with Crippen LogP contribution in [-0.2, 0) is 5.41 Å². The number of fused-ring (bicyclic) bond motifs is 1. The Morgan fingerprint density at radius 3 is 3.05 bits per heavy atom. The molecule has 1 aliphatic heterocycles. The standard InChI is InChI=1S/C14H12N2O2S/c15-8-14(13(17)11-7-19-9-16-11)5-6-18-12-4-2-1-3-10(12)14/h1-4,7,9,13,17H,5-6H2. The molecule has 0 radical (unpaired) electrons. The summed E-state index contributed by atoms with van der Waals surface area (Å²) in [7, 11) is 0. The van der Waals surface area contributed by atoms with Crippen LogP contribution >= 0.6 is 11.3 Å². The predicted octanol–water partition coefficient (Wildman–Crippen LogP) is 2.42. The molecule has 2 heterocycles. The van der Waals surface area contributed by atoms with Crippen LogP contribution in [0.1, 0.15) is 23.8 Å². The highest BCUT2D eigenvalue weighted by Gasteiger charge is 2.45. The van der Waals surface area contributed by atoms with Crippen molar-refractivity contribution in [3.05, 3.63) is 46.4 Å². The molecule has 1 N–H and O–H groups in total. The van der Waals surface area contributed by atoms with E-state index in [1.165, 1.54) is 11.3 Å². The van der Waals surface area contributed by atoms with Gasteiger partial charge in [-0.15, -0.1) is 11.3 Å². The van der Waals surface area contributed by atoms with E-state index < -0.39 is 11.5 Å². The molecule has 0 aliphatic carbocycles.